The van der Waals surface area contributed by atoms with Crippen LogP contribution >= 0.6 is 0 Å². The first-order valence-electron chi connectivity index (χ1n) is 25.6. The number of hydrogen-bond donors (Lipinski definition) is 1. The Labute approximate surface area is 372 Å². The molecule has 1 N–H and O–H groups in total. The molecule has 0 fully saturated rings. The van der Waals surface area contributed by atoms with Crippen molar-refractivity contribution in [2.24, 2.45) is 0 Å². The van der Waals surface area contributed by atoms with Crippen molar-refractivity contribution in [3.8, 4) is 5.75 Å². The van der Waals surface area contributed by atoms with Gasteiger partial charge in [0, 0.05) is 0 Å². The van der Waals surface area contributed by atoms with Crippen LogP contribution in [0.25, 0.3) is 0 Å². The number of ether oxygens (including phenoxy) is 3. The fourth-order valence-electron chi connectivity index (χ4n) is 8.60. The lowest BCUT2D eigenvalue weighted by atomic mass is 9.86. The van der Waals surface area contributed by atoms with Gasteiger partial charge in [0.25, 0.3) is 10.1 Å². The van der Waals surface area contributed by atoms with Crippen molar-refractivity contribution < 1.29 is 27.2 Å². The maximum Gasteiger partial charge on any atom is 0.295 e. The number of unbranched alkanes of at least 4 members (excludes halogenated alkanes) is 28. The normalized spacial score (nSPS) is 11.8. The summed E-state index contributed by atoms with van der Waals surface area (Å²) in [5.74, 6) is 0.541. The number of rotatable bonds is 45. The average molecular weight is 861 g/mol. The summed E-state index contributed by atoms with van der Waals surface area (Å²) in [6.45, 7) is 17.4. The van der Waals surface area contributed by atoms with Crippen LogP contribution in [0.3, 0.4) is 0 Å². The molecule has 0 aliphatic heterocycles. The summed E-state index contributed by atoms with van der Waals surface area (Å²) in [5, 5.41) is 0. The van der Waals surface area contributed by atoms with Crippen LogP contribution in [0.4, 0.5) is 0 Å². The molecule has 0 atom stereocenters. The predicted molar refractivity (Wildman–Crippen MR) is 258 cm³/mol. The van der Waals surface area contributed by atoms with Crippen LogP contribution in [0.1, 0.15) is 262 Å². The minimum absolute atomic E-state index is 0.0584. The minimum atomic E-state index is -4.70. The average Bonchev–Trinajstić information content (AvgIpc) is 3.23. The van der Waals surface area contributed by atoms with Crippen molar-refractivity contribution in [3.05, 3.63) is 47.6 Å². The van der Waals surface area contributed by atoms with Crippen molar-refractivity contribution in [2.45, 2.75) is 264 Å². The molecule has 7 heteroatoms. The van der Waals surface area contributed by atoms with Crippen LogP contribution < -0.4 is 4.74 Å². The highest BCUT2D eigenvalue weighted by atomic mass is 32.2. The lowest BCUT2D eigenvalue weighted by Gasteiger charge is -2.29. The van der Waals surface area contributed by atoms with Crippen molar-refractivity contribution in [3.63, 3.8) is 0 Å². The van der Waals surface area contributed by atoms with Gasteiger partial charge in [-0.3, -0.25) is 4.55 Å². The Morgan fingerprint density at radius 3 is 1.12 bits per heavy atom. The van der Waals surface area contributed by atoms with E-state index in [0.717, 1.165) is 87.3 Å². The van der Waals surface area contributed by atoms with Gasteiger partial charge in [-0.15, -0.1) is 13.2 Å². The molecule has 0 amide bonds. The lowest BCUT2D eigenvalue weighted by molar-refractivity contribution is -0.133. The van der Waals surface area contributed by atoms with Gasteiger partial charge in [0.2, 0.25) is 0 Å². The summed E-state index contributed by atoms with van der Waals surface area (Å²) in [4.78, 5) is -0.0584. The molecule has 0 unspecified atom stereocenters. The first-order valence-corrected chi connectivity index (χ1v) is 27.0. The van der Waals surface area contributed by atoms with Crippen molar-refractivity contribution in [1.29, 1.82) is 0 Å². The van der Waals surface area contributed by atoms with E-state index in [4.69, 9.17) is 14.2 Å². The molecule has 0 bridgehead atoms. The second-order valence-electron chi connectivity index (χ2n) is 17.6. The fourth-order valence-corrected chi connectivity index (χ4v) is 9.60. The quantitative estimate of drug-likeness (QED) is 0.0304. The van der Waals surface area contributed by atoms with Gasteiger partial charge in [0.05, 0.1) is 25.4 Å². The first kappa shape index (κ1) is 56.3. The van der Waals surface area contributed by atoms with Gasteiger partial charge >= 0.3 is 0 Å². The molecule has 1 aromatic rings. The Hall–Kier alpha value is -1.67. The first-order chi connectivity index (χ1) is 29.3. The molecule has 60 heavy (non-hydrogen) atoms. The Morgan fingerprint density at radius 2 is 0.783 bits per heavy atom. The summed E-state index contributed by atoms with van der Waals surface area (Å²) in [5.41, 5.74) is 3.24. The summed E-state index contributed by atoms with van der Waals surface area (Å²) in [7, 11) is -4.70. The maximum atomic E-state index is 13.9. The third-order valence-electron chi connectivity index (χ3n) is 12.1. The molecule has 0 aromatic heterocycles. The van der Waals surface area contributed by atoms with Gasteiger partial charge in [-0.1, -0.05) is 220 Å². The Kier molecular flexibility index (Phi) is 36.6. The summed E-state index contributed by atoms with van der Waals surface area (Å²) >= 11 is 0. The zero-order chi connectivity index (χ0) is 43.9. The second-order valence-corrected chi connectivity index (χ2v) is 18.9. The Morgan fingerprint density at radius 1 is 0.467 bits per heavy atom. The second kappa shape index (κ2) is 39.0. The molecule has 0 spiro atoms. The van der Waals surface area contributed by atoms with E-state index in [9.17, 15) is 13.0 Å². The molecule has 0 radical (unpaired) electrons. The molecule has 0 saturated carbocycles. The molecule has 1 rings (SSSR count). The molecule has 0 heterocycles. The monoisotopic (exact) mass is 861 g/mol. The highest BCUT2D eigenvalue weighted by Gasteiger charge is 2.35. The maximum absolute atomic E-state index is 13.9. The smallest absolute Gasteiger partial charge is 0.295 e. The highest BCUT2D eigenvalue weighted by molar-refractivity contribution is 7.86. The Bertz CT molecular complexity index is 1280. The van der Waals surface area contributed by atoms with E-state index in [1.54, 1.807) is 12.2 Å². The van der Waals surface area contributed by atoms with Crippen LogP contribution in [-0.2, 0) is 38.9 Å². The summed E-state index contributed by atoms with van der Waals surface area (Å²) in [6, 6.07) is 0. The SMILES string of the molecule is C=CCOC(OCC=C)c1c(OCCCC)c(CCCCCCCCCCCC)c(CCCCCCCCCCCC)c(CCCCCCCCCCCC)c1S(=O)(=O)O. The van der Waals surface area contributed by atoms with Crippen molar-refractivity contribution in [1.82, 2.24) is 0 Å². The zero-order valence-corrected chi connectivity index (χ0v) is 40.7. The topological polar surface area (TPSA) is 82.1 Å². The van der Waals surface area contributed by atoms with E-state index in [2.05, 4.69) is 40.9 Å². The number of benzene rings is 1. The predicted octanol–water partition coefficient (Wildman–Crippen LogP) is 16.9. The summed E-state index contributed by atoms with van der Waals surface area (Å²) < 4.78 is 58.3. The molecule has 0 saturated heterocycles. The molecule has 350 valence electrons. The summed E-state index contributed by atoms with van der Waals surface area (Å²) in [6.07, 6.45) is 43.0. The van der Waals surface area contributed by atoms with E-state index in [1.807, 2.05) is 0 Å². The van der Waals surface area contributed by atoms with E-state index in [0.29, 0.717) is 24.3 Å². The van der Waals surface area contributed by atoms with Crippen molar-refractivity contribution >= 4 is 10.1 Å². The molecule has 0 aliphatic rings. The van der Waals surface area contributed by atoms with Gasteiger partial charge in [-0.05, 0) is 61.6 Å². The zero-order valence-electron chi connectivity index (χ0n) is 39.9. The molecule has 6 nitrogen and oxygen atoms in total. The Balaban J connectivity index is 3.68. The third-order valence-corrected chi connectivity index (χ3v) is 13.1. The fraction of sp³-hybridized carbons (Fsp3) is 0.811. The van der Waals surface area contributed by atoms with Crippen LogP contribution in [0.2, 0.25) is 0 Å². The van der Waals surface area contributed by atoms with Gasteiger partial charge in [0.1, 0.15) is 10.6 Å². The highest BCUT2D eigenvalue weighted by Crippen LogP contribution is 2.44. The van der Waals surface area contributed by atoms with Gasteiger partial charge in [-0.2, -0.15) is 8.42 Å². The van der Waals surface area contributed by atoms with Crippen LogP contribution in [0.5, 0.6) is 5.75 Å². The largest absolute Gasteiger partial charge is 0.493 e. The van der Waals surface area contributed by atoms with E-state index < -0.39 is 16.4 Å². The third kappa shape index (κ3) is 26.1. The van der Waals surface area contributed by atoms with Crippen LogP contribution in [0.15, 0.2) is 30.2 Å². The van der Waals surface area contributed by atoms with Crippen LogP contribution in [-0.4, -0.2) is 32.8 Å². The van der Waals surface area contributed by atoms with Gasteiger partial charge < -0.3 is 14.2 Å². The minimum Gasteiger partial charge on any atom is -0.493 e. The molecule has 1 aromatic carbocycles. The van der Waals surface area contributed by atoms with Gasteiger partial charge in [-0.25, -0.2) is 0 Å². The van der Waals surface area contributed by atoms with Crippen LogP contribution in [0, 0.1) is 0 Å². The van der Waals surface area contributed by atoms with E-state index in [1.165, 1.54) is 148 Å². The molecular weight excluding hydrogens is 765 g/mol. The van der Waals surface area contributed by atoms with Crippen molar-refractivity contribution in [2.75, 3.05) is 19.8 Å². The van der Waals surface area contributed by atoms with E-state index >= 15 is 0 Å². The van der Waals surface area contributed by atoms with Gasteiger partial charge in [0.15, 0.2) is 6.29 Å². The number of hydrogen-bond acceptors (Lipinski definition) is 5. The lowest BCUT2D eigenvalue weighted by Crippen LogP contribution is -2.21. The standard InChI is InChI=1S/C53H96O6S/c1-7-13-17-20-23-26-29-32-35-38-41-47-48(42-39-36-33-30-27-24-21-18-14-8-2)51(57-46-16-10-4)50(53(58-44-11-5)59-45-12-6)52(60(54,55)56)49(47)43-40-37-34-31-28-25-22-19-15-9-3/h11-12,53H,5-10,13-46H2,1-4H3,(H,54,55,56). The molecular formula is C53H96O6S. The van der Waals surface area contributed by atoms with E-state index in [-0.39, 0.29) is 18.1 Å². The molecule has 0 aliphatic carbocycles.